The molecule has 1 heterocycles. The number of carbonyl (C=O) groups is 2. The third-order valence-corrected chi connectivity index (χ3v) is 5.84. The third-order valence-electron chi connectivity index (χ3n) is 5.84. The Bertz CT molecular complexity index is 963. The minimum atomic E-state index is -0.279. The predicted octanol–water partition coefficient (Wildman–Crippen LogP) is 3.04. The smallest absolute Gasteiger partial charge is 0.257 e. The summed E-state index contributed by atoms with van der Waals surface area (Å²) >= 11 is 0. The van der Waals surface area contributed by atoms with Crippen molar-refractivity contribution in [2.24, 2.45) is 5.92 Å². The lowest BCUT2D eigenvalue weighted by atomic mass is 10.0. The highest BCUT2D eigenvalue weighted by Gasteiger charge is 2.25. The van der Waals surface area contributed by atoms with Crippen LogP contribution >= 0.6 is 0 Å². The monoisotopic (exact) mass is 455 g/mol. The number of rotatable bonds is 4. The summed E-state index contributed by atoms with van der Waals surface area (Å²) < 4.78 is 16.8. The number of carbonyl (C=O) groups excluding carboxylic acids is 2. The van der Waals surface area contributed by atoms with Gasteiger partial charge in [0, 0.05) is 44.5 Å². The van der Waals surface area contributed by atoms with Crippen LogP contribution in [0.25, 0.3) is 0 Å². The second-order valence-corrected chi connectivity index (χ2v) is 8.45. The van der Waals surface area contributed by atoms with E-state index in [1.54, 1.807) is 68.6 Å². The Morgan fingerprint density at radius 3 is 2.55 bits per heavy atom. The van der Waals surface area contributed by atoms with Crippen LogP contribution < -0.4 is 20.1 Å². The van der Waals surface area contributed by atoms with E-state index in [0.29, 0.717) is 41.5 Å². The highest BCUT2D eigenvalue weighted by Crippen LogP contribution is 2.26. The molecular weight excluding hydrogens is 422 g/mol. The van der Waals surface area contributed by atoms with E-state index in [0.717, 1.165) is 6.54 Å². The van der Waals surface area contributed by atoms with Gasteiger partial charge in [0.25, 0.3) is 11.8 Å². The van der Waals surface area contributed by atoms with Crippen molar-refractivity contribution >= 4 is 17.5 Å². The zero-order valence-corrected chi connectivity index (χ0v) is 19.9. The number of nitrogens with one attached hydrogen (secondary N) is 2. The Morgan fingerprint density at radius 2 is 1.88 bits per heavy atom. The first-order valence-corrected chi connectivity index (χ1v) is 11.1. The van der Waals surface area contributed by atoms with Crippen LogP contribution in [-0.4, -0.2) is 69.8 Å². The first-order chi connectivity index (χ1) is 15.8. The fraction of sp³-hybridized carbons (Fsp3) is 0.440. The average Bonchev–Trinajstić information content (AvgIpc) is 2.83. The summed E-state index contributed by atoms with van der Waals surface area (Å²) in [4.78, 5) is 27.7. The zero-order valence-electron chi connectivity index (χ0n) is 19.9. The molecule has 0 saturated carbocycles. The van der Waals surface area contributed by atoms with Crippen LogP contribution in [0.15, 0.2) is 42.5 Å². The third kappa shape index (κ3) is 6.24. The molecule has 8 heteroatoms. The Morgan fingerprint density at radius 1 is 1.15 bits per heavy atom. The van der Waals surface area contributed by atoms with Gasteiger partial charge >= 0.3 is 0 Å². The highest BCUT2D eigenvalue weighted by molar-refractivity contribution is 6.05. The summed E-state index contributed by atoms with van der Waals surface area (Å²) in [5.74, 6) is 0.885. The van der Waals surface area contributed by atoms with Gasteiger partial charge in [0.1, 0.15) is 18.1 Å². The van der Waals surface area contributed by atoms with Gasteiger partial charge < -0.3 is 29.7 Å². The molecule has 0 fully saturated rings. The lowest BCUT2D eigenvalue weighted by Crippen LogP contribution is -2.44. The number of anilines is 1. The highest BCUT2D eigenvalue weighted by atomic mass is 16.5. The fourth-order valence-corrected chi connectivity index (χ4v) is 3.68. The van der Waals surface area contributed by atoms with Gasteiger partial charge in [0.05, 0.1) is 18.8 Å². The van der Waals surface area contributed by atoms with Crippen molar-refractivity contribution in [1.29, 1.82) is 0 Å². The quantitative estimate of drug-likeness (QED) is 0.737. The maximum Gasteiger partial charge on any atom is 0.257 e. The van der Waals surface area contributed by atoms with Crippen molar-refractivity contribution in [1.82, 2.24) is 10.2 Å². The summed E-state index contributed by atoms with van der Waals surface area (Å²) in [6, 6.07) is 12.0. The summed E-state index contributed by atoms with van der Waals surface area (Å²) in [7, 11) is 4.98. The number of likely N-dealkylation sites (N-methyl/N-ethyl adjacent to an activating group) is 1. The maximum absolute atomic E-state index is 13.3. The van der Waals surface area contributed by atoms with Gasteiger partial charge in [-0.25, -0.2) is 0 Å². The van der Waals surface area contributed by atoms with Gasteiger partial charge in [-0.1, -0.05) is 6.92 Å². The van der Waals surface area contributed by atoms with E-state index >= 15 is 0 Å². The van der Waals surface area contributed by atoms with Crippen molar-refractivity contribution in [2.45, 2.75) is 26.0 Å². The van der Waals surface area contributed by atoms with Gasteiger partial charge in [0.15, 0.2) is 0 Å². The van der Waals surface area contributed by atoms with Crippen LogP contribution in [0.1, 0.15) is 34.6 Å². The molecule has 33 heavy (non-hydrogen) atoms. The molecular formula is C25H33N3O5. The minimum absolute atomic E-state index is 0.0968. The standard InChI is InChI=1S/C25H33N3O5/c1-16-13-26-17(2)15-33-22-11-8-19(12-21(22)25(30)28(3)14-23(16)32-5)27-24(29)18-6-9-20(31-4)10-7-18/h6-12,16-17,23,26H,13-15H2,1-5H3,(H,27,29)/t16-,17-,23-/m0/s1. The number of nitrogens with zero attached hydrogens (tertiary/aromatic N) is 1. The van der Waals surface area contributed by atoms with E-state index in [4.69, 9.17) is 14.2 Å². The van der Waals surface area contributed by atoms with Crippen LogP contribution in [0, 0.1) is 5.92 Å². The molecule has 1 aliphatic heterocycles. The lowest BCUT2D eigenvalue weighted by Gasteiger charge is -2.30. The van der Waals surface area contributed by atoms with Crippen molar-refractivity contribution in [3.05, 3.63) is 53.6 Å². The number of amides is 2. The normalized spacial score (nSPS) is 21.8. The zero-order chi connectivity index (χ0) is 24.0. The number of benzene rings is 2. The van der Waals surface area contributed by atoms with E-state index in [1.807, 2.05) is 6.92 Å². The van der Waals surface area contributed by atoms with Crippen molar-refractivity contribution in [3.8, 4) is 11.5 Å². The van der Waals surface area contributed by atoms with Gasteiger partial charge in [-0.05, 0) is 55.3 Å². The predicted molar refractivity (Wildman–Crippen MR) is 127 cm³/mol. The second-order valence-electron chi connectivity index (χ2n) is 8.45. The molecule has 0 radical (unpaired) electrons. The van der Waals surface area contributed by atoms with Gasteiger partial charge in [-0.3, -0.25) is 9.59 Å². The molecule has 1 aliphatic rings. The minimum Gasteiger partial charge on any atom is -0.497 e. The van der Waals surface area contributed by atoms with Crippen LogP contribution in [-0.2, 0) is 4.74 Å². The number of methoxy groups -OCH3 is 2. The summed E-state index contributed by atoms with van der Waals surface area (Å²) in [5, 5.41) is 6.32. The van der Waals surface area contributed by atoms with Crippen LogP contribution in [0.4, 0.5) is 5.69 Å². The summed E-state index contributed by atoms with van der Waals surface area (Å²) in [6.45, 7) is 5.74. The molecule has 0 aliphatic carbocycles. The van der Waals surface area contributed by atoms with Crippen molar-refractivity contribution in [3.63, 3.8) is 0 Å². The fourth-order valence-electron chi connectivity index (χ4n) is 3.68. The van der Waals surface area contributed by atoms with E-state index in [-0.39, 0.29) is 29.9 Å². The molecule has 3 atom stereocenters. The van der Waals surface area contributed by atoms with Gasteiger partial charge in [0.2, 0.25) is 0 Å². The molecule has 0 unspecified atom stereocenters. The van der Waals surface area contributed by atoms with Crippen LogP contribution in [0.2, 0.25) is 0 Å². The van der Waals surface area contributed by atoms with Crippen LogP contribution in [0.5, 0.6) is 11.5 Å². The number of fused-ring (bicyclic) bond motifs is 1. The molecule has 0 spiro atoms. The number of hydrogen-bond acceptors (Lipinski definition) is 6. The lowest BCUT2D eigenvalue weighted by molar-refractivity contribution is 0.0281. The largest absolute Gasteiger partial charge is 0.497 e. The molecule has 0 saturated heterocycles. The topological polar surface area (TPSA) is 89.1 Å². The number of ether oxygens (including phenoxy) is 3. The second kappa shape index (κ2) is 11.2. The molecule has 8 nitrogen and oxygen atoms in total. The average molecular weight is 456 g/mol. The molecule has 0 aromatic heterocycles. The molecule has 0 bridgehead atoms. The first-order valence-electron chi connectivity index (χ1n) is 11.1. The Balaban J connectivity index is 1.86. The Kier molecular flexibility index (Phi) is 8.30. The molecule has 2 amide bonds. The van der Waals surface area contributed by atoms with Gasteiger partial charge in [-0.2, -0.15) is 0 Å². The van der Waals surface area contributed by atoms with E-state index in [1.165, 1.54) is 0 Å². The van der Waals surface area contributed by atoms with Crippen LogP contribution in [0.3, 0.4) is 0 Å². The molecule has 2 aromatic carbocycles. The first kappa shape index (κ1) is 24.5. The van der Waals surface area contributed by atoms with Crippen molar-refractivity contribution < 1.29 is 23.8 Å². The maximum atomic E-state index is 13.3. The molecule has 178 valence electrons. The van der Waals surface area contributed by atoms with Gasteiger partial charge in [-0.15, -0.1) is 0 Å². The number of hydrogen-bond donors (Lipinski definition) is 2. The van der Waals surface area contributed by atoms with E-state index in [9.17, 15) is 9.59 Å². The summed E-state index contributed by atoms with van der Waals surface area (Å²) in [6.07, 6.45) is -0.111. The molecule has 2 aromatic rings. The molecule has 3 rings (SSSR count). The van der Waals surface area contributed by atoms with Crippen molar-refractivity contribution in [2.75, 3.05) is 46.3 Å². The van der Waals surface area contributed by atoms with E-state index < -0.39 is 0 Å². The Labute approximate surface area is 195 Å². The SMILES string of the molecule is COc1ccc(C(=O)Nc2ccc3c(c2)C(=O)N(C)C[C@H](OC)[C@@H](C)CN[C@@H](C)CO3)cc1. The molecule has 2 N–H and O–H groups in total. The van der Waals surface area contributed by atoms with E-state index in [2.05, 4.69) is 17.6 Å². The Hall–Kier alpha value is -3.10. The summed E-state index contributed by atoms with van der Waals surface area (Å²) in [5.41, 5.74) is 1.38.